The zero-order valence-corrected chi connectivity index (χ0v) is 15.5. The van der Waals surface area contributed by atoms with Crippen molar-refractivity contribution in [3.63, 3.8) is 0 Å². The van der Waals surface area contributed by atoms with Crippen LogP contribution in [0.1, 0.15) is 66.2 Å². The molecule has 23 heavy (non-hydrogen) atoms. The summed E-state index contributed by atoms with van der Waals surface area (Å²) in [6.45, 7) is 9.54. The van der Waals surface area contributed by atoms with Crippen LogP contribution in [0.2, 0.25) is 0 Å². The van der Waals surface area contributed by atoms with Gasteiger partial charge >= 0.3 is 0 Å². The number of rotatable bonds is 9. The maximum atomic E-state index is 10.3. The summed E-state index contributed by atoms with van der Waals surface area (Å²) in [7, 11) is 0. The molecule has 1 atom stereocenters. The molecule has 3 heteroatoms. The highest BCUT2D eigenvalue weighted by Gasteiger charge is 2.24. The smallest absolute Gasteiger partial charge is 0.0603 e. The molecule has 0 fully saturated rings. The van der Waals surface area contributed by atoms with Crippen LogP contribution in [0, 0.1) is 11.8 Å². The number of aliphatic imine (C=N–C) groups is 1. The molecule has 0 aromatic heterocycles. The Labute approximate surface area is 142 Å². The summed E-state index contributed by atoms with van der Waals surface area (Å²) in [5.74, 6) is 0.856. The Balaban J connectivity index is 2.92. The standard InChI is InChI=1S/C20H36N2O/c1-16(2)13-18(14-20(3,4)23)19(11-8-12-21)22-15-17-9-6-5-7-10-17/h8-9,11,16,18,23H,5-7,10,12-15,21H2,1-4H3/b11-8-,22-19+. The summed E-state index contributed by atoms with van der Waals surface area (Å²) in [5.41, 5.74) is 7.52. The van der Waals surface area contributed by atoms with E-state index in [4.69, 9.17) is 10.7 Å². The SMILES string of the molecule is CC(C)CC(CC(C)(C)O)C(/C=C\CN)=N/CC1=CCCCC1. The average Bonchev–Trinajstić information content (AvgIpc) is 2.46. The van der Waals surface area contributed by atoms with Crippen LogP contribution in [0.5, 0.6) is 0 Å². The molecule has 1 aliphatic carbocycles. The van der Waals surface area contributed by atoms with Gasteiger partial charge in [-0.2, -0.15) is 0 Å². The summed E-state index contributed by atoms with van der Waals surface area (Å²) in [6, 6.07) is 0. The highest BCUT2D eigenvalue weighted by atomic mass is 16.3. The summed E-state index contributed by atoms with van der Waals surface area (Å²) in [5, 5.41) is 10.3. The molecule has 0 heterocycles. The molecule has 0 amide bonds. The second-order valence-electron chi connectivity index (χ2n) is 7.83. The largest absolute Gasteiger partial charge is 0.390 e. The topological polar surface area (TPSA) is 58.6 Å². The lowest BCUT2D eigenvalue weighted by Crippen LogP contribution is -2.28. The molecular formula is C20H36N2O. The lowest BCUT2D eigenvalue weighted by molar-refractivity contribution is 0.0590. The zero-order valence-electron chi connectivity index (χ0n) is 15.5. The first-order valence-electron chi connectivity index (χ1n) is 9.13. The van der Waals surface area contributed by atoms with E-state index < -0.39 is 5.60 Å². The predicted octanol–water partition coefficient (Wildman–Crippen LogP) is 4.27. The monoisotopic (exact) mass is 320 g/mol. The third kappa shape index (κ3) is 9.07. The summed E-state index contributed by atoms with van der Waals surface area (Å²) >= 11 is 0. The third-order valence-electron chi connectivity index (χ3n) is 4.19. The van der Waals surface area contributed by atoms with Gasteiger partial charge in [0.15, 0.2) is 0 Å². The number of nitrogens with two attached hydrogens (primary N) is 1. The molecule has 0 saturated carbocycles. The molecule has 132 valence electrons. The first-order chi connectivity index (χ1) is 10.8. The number of hydrogen-bond donors (Lipinski definition) is 2. The quantitative estimate of drug-likeness (QED) is 0.492. The van der Waals surface area contributed by atoms with Crippen molar-refractivity contribution in [2.45, 2.75) is 71.8 Å². The molecular weight excluding hydrogens is 284 g/mol. The Morgan fingerprint density at radius 3 is 2.65 bits per heavy atom. The van der Waals surface area contributed by atoms with Gasteiger partial charge in [-0.25, -0.2) is 0 Å². The molecule has 0 saturated heterocycles. The van der Waals surface area contributed by atoms with Crippen molar-refractivity contribution in [1.82, 2.24) is 0 Å². The van der Waals surface area contributed by atoms with Crippen molar-refractivity contribution >= 4 is 5.71 Å². The minimum absolute atomic E-state index is 0.280. The van der Waals surface area contributed by atoms with Gasteiger partial charge in [0.25, 0.3) is 0 Å². The Bertz CT molecular complexity index is 427. The van der Waals surface area contributed by atoms with Gasteiger partial charge in [-0.3, -0.25) is 4.99 Å². The fourth-order valence-corrected chi connectivity index (χ4v) is 3.23. The summed E-state index contributed by atoms with van der Waals surface area (Å²) in [6.07, 6.45) is 13.1. The van der Waals surface area contributed by atoms with E-state index in [0.29, 0.717) is 12.5 Å². The van der Waals surface area contributed by atoms with Crippen LogP contribution >= 0.6 is 0 Å². The van der Waals surface area contributed by atoms with Crippen molar-refractivity contribution < 1.29 is 5.11 Å². The number of allylic oxidation sites excluding steroid dienone is 2. The number of hydrogen-bond acceptors (Lipinski definition) is 3. The van der Waals surface area contributed by atoms with Crippen molar-refractivity contribution in [3.8, 4) is 0 Å². The molecule has 0 spiro atoms. The number of nitrogens with zero attached hydrogens (tertiary/aromatic N) is 1. The first kappa shape index (κ1) is 20.1. The molecule has 0 aromatic rings. The molecule has 0 aromatic carbocycles. The highest BCUT2D eigenvalue weighted by molar-refractivity contribution is 5.97. The molecule has 1 unspecified atom stereocenters. The van der Waals surface area contributed by atoms with Gasteiger partial charge in [0, 0.05) is 18.2 Å². The fourth-order valence-electron chi connectivity index (χ4n) is 3.23. The van der Waals surface area contributed by atoms with Gasteiger partial charge in [0.05, 0.1) is 12.1 Å². The molecule has 3 nitrogen and oxygen atoms in total. The lowest BCUT2D eigenvalue weighted by Gasteiger charge is -2.27. The highest BCUT2D eigenvalue weighted by Crippen LogP contribution is 2.25. The molecule has 0 aliphatic heterocycles. The van der Waals surface area contributed by atoms with E-state index in [1.165, 1.54) is 31.3 Å². The fraction of sp³-hybridized carbons (Fsp3) is 0.750. The van der Waals surface area contributed by atoms with E-state index in [9.17, 15) is 5.11 Å². The van der Waals surface area contributed by atoms with Crippen LogP contribution in [0.4, 0.5) is 0 Å². The van der Waals surface area contributed by atoms with Gasteiger partial charge in [-0.1, -0.05) is 31.6 Å². The molecule has 0 bridgehead atoms. The van der Waals surface area contributed by atoms with E-state index in [-0.39, 0.29) is 5.92 Å². The lowest BCUT2D eigenvalue weighted by atomic mass is 9.83. The molecule has 3 N–H and O–H groups in total. The molecule has 1 aliphatic rings. The van der Waals surface area contributed by atoms with Crippen LogP contribution in [-0.2, 0) is 0 Å². The van der Waals surface area contributed by atoms with E-state index in [0.717, 1.165) is 25.1 Å². The summed E-state index contributed by atoms with van der Waals surface area (Å²) in [4.78, 5) is 4.92. The predicted molar refractivity (Wildman–Crippen MR) is 101 cm³/mol. The van der Waals surface area contributed by atoms with Crippen molar-refractivity contribution in [2.75, 3.05) is 13.1 Å². The van der Waals surface area contributed by atoms with Gasteiger partial charge in [-0.05, 0) is 64.4 Å². The van der Waals surface area contributed by atoms with E-state index in [1.54, 1.807) is 0 Å². The molecule has 0 radical (unpaired) electrons. The van der Waals surface area contributed by atoms with Crippen LogP contribution in [0.15, 0.2) is 28.8 Å². The third-order valence-corrected chi connectivity index (χ3v) is 4.19. The molecule has 1 rings (SSSR count). The van der Waals surface area contributed by atoms with Gasteiger partial charge < -0.3 is 10.8 Å². The van der Waals surface area contributed by atoms with Crippen LogP contribution in [0.3, 0.4) is 0 Å². The first-order valence-corrected chi connectivity index (χ1v) is 9.13. The average molecular weight is 321 g/mol. The Morgan fingerprint density at radius 2 is 2.13 bits per heavy atom. The van der Waals surface area contributed by atoms with Crippen molar-refractivity contribution in [2.24, 2.45) is 22.6 Å². The van der Waals surface area contributed by atoms with Gasteiger partial charge in [0.2, 0.25) is 0 Å². The van der Waals surface area contributed by atoms with Crippen LogP contribution in [0.25, 0.3) is 0 Å². The van der Waals surface area contributed by atoms with Gasteiger partial charge in [-0.15, -0.1) is 0 Å². The minimum Gasteiger partial charge on any atom is -0.390 e. The van der Waals surface area contributed by atoms with Crippen molar-refractivity contribution in [3.05, 3.63) is 23.8 Å². The van der Waals surface area contributed by atoms with Crippen LogP contribution < -0.4 is 5.73 Å². The second kappa shape index (κ2) is 10.0. The normalized spacial score (nSPS) is 18.6. The van der Waals surface area contributed by atoms with Crippen LogP contribution in [-0.4, -0.2) is 29.5 Å². The maximum absolute atomic E-state index is 10.3. The Kier molecular flexibility index (Phi) is 8.78. The van der Waals surface area contributed by atoms with Crippen molar-refractivity contribution in [1.29, 1.82) is 0 Å². The Morgan fingerprint density at radius 1 is 1.39 bits per heavy atom. The Hall–Kier alpha value is -0.930. The summed E-state index contributed by atoms with van der Waals surface area (Å²) < 4.78 is 0. The van der Waals surface area contributed by atoms with E-state index in [2.05, 4.69) is 26.0 Å². The van der Waals surface area contributed by atoms with Gasteiger partial charge in [0.1, 0.15) is 0 Å². The minimum atomic E-state index is -0.680. The van der Waals surface area contributed by atoms with E-state index in [1.807, 2.05) is 19.9 Å². The second-order valence-corrected chi connectivity index (χ2v) is 7.83. The number of aliphatic hydroxyl groups is 1. The zero-order chi connectivity index (χ0) is 17.3. The van der Waals surface area contributed by atoms with E-state index >= 15 is 0 Å². The maximum Gasteiger partial charge on any atom is 0.0603 e.